The molecule has 122 valence electrons. The number of esters is 1. The number of benzene rings is 1. The Balaban J connectivity index is 2.12. The minimum Gasteiger partial charge on any atom is -0.465 e. The van der Waals surface area contributed by atoms with Crippen LogP contribution in [-0.2, 0) is 14.3 Å². The van der Waals surface area contributed by atoms with Crippen LogP contribution < -0.4 is 4.90 Å². The van der Waals surface area contributed by atoms with Crippen molar-refractivity contribution in [3.05, 3.63) is 69.7 Å². The molecule has 0 unspecified atom stereocenters. The molecule has 2 heterocycles. The van der Waals surface area contributed by atoms with Crippen molar-refractivity contribution in [1.29, 1.82) is 0 Å². The number of halogens is 1. The first kappa shape index (κ1) is 16.3. The van der Waals surface area contributed by atoms with E-state index in [0.717, 1.165) is 4.47 Å². The average molecular weight is 388 g/mol. The smallest absolute Gasteiger partial charge is 0.340 e. The quantitative estimate of drug-likeness (QED) is 0.591. The van der Waals surface area contributed by atoms with Gasteiger partial charge in [-0.3, -0.25) is 9.69 Å². The summed E-state index contributed by atoms with van der Waals surface area (Å²) < 4.78 is 11.0. The van der Waals surface area contributed by atoms with Gasteiger partial charge in [0.15, 0.2) is 0 Å². The van der Waals surface area contributed by atoms with E-state index in [-0.39, 0.29) is 17.1 Å². The maximum Gasteiger partial charge on any atom is 0.340 e. The molecule has 0 saturated heterocycles. The molecule has 3 rings (SSSR count). The van der Waals surface area contributed by atoms with Crippen LogP contribution in [0.4, 0.5) is 5.69 Å². The van der Waals surface area contributed by atoms with Gasteiger partial charge in [0.1, 0.15) is 5.76 Å². The summed E-state index contributed by atoms with van der Waals surface area (Å²) in [6, 6.07) is 10.7. The van der Waals surface area contributed by atoms with E-state index in [0.29, 0.717) is 17.1 Å². The number of carbonyl (C=O) groups excluding carboxylic acids is 2. The second kappa shape index (κ2) is 6.49. The number of amides is 1. The van der Waals surface area contributed by atoms with E-state index in [4.69, 9.17) is 9.15 Å². The number of rotatable bonds is 3. The standard InChI is InChI=1S/C18H14BrNO4/c1-11-16(18(22)23-2)15(10-14-4-3-9-24-14)17(21)20(11)13-7-5-12(19)6-8-13/h3-10H,1-2H3/b15-10-. The molecule has 1 aliphatic heterocycles. The molecule has 0 spiro atoms. The fourth-order valence-corrected chi connectivity index (χ4v) is 2.86. The van der Waals surface area contributed by atoms with Gasteiger partial charge in [0.2, 0.25) is 0 Å². The Labute approximate surface area is 147 Å². The highest BCUT2D eigenvalue weighted by molar-refractivity contribution is 9.10. The third-order valence-corrected chi connectivity index (χ3v) is 4.23. The number of nitrogens with zero attached hydrogens (tertiary/aromatic N) is 1. The van der Waals surface area contributed by atoms with Gasteiger partial charge in [-0.25, -0.2) is 4.79 Å². The lowest BCUT2D eigenvalue weighted by molar-refractivity contribution is -0.136. The molecule has 1 amide bonds. The minimum atomic E-state index is -0.557. The topological polar surface area (TPSA) is 59.8 Å². The maximum atomic E-state index is 12.9. The van der Waals surface area contributed by atoms with Crippen LogP contribution >= 0.6 is 15.9 Å². The molecule has 0 saturated carbocycles. The van der Waals surface area contributed by atoms with Gasteiger partial charge < -0.3 is 9.15 Å². The molecule has 5 nitrogen and oxygen atoms in total. The zero-order chi connectivity index (χ0) is 17.3. The van der Waals surface area contributed by atoms with Crippen molar-refractivity contribution < 1.29 is 18.7 Å². The summed E-state index contributed by atoms with van der Waals surface area (Å²) in [7, 11) is 1.29. The van der Waals surface area contributed by atoms with Gasteiger partial charge in [0.25, 0.3) is 5.91 Å². The summed E-state index contributed by atoms with van der Waals surface area (Å²) >= 11 is 3.37. The number of furan rings is 1. The highest BCUT2D eigenvalue weighted by Crippen LogP contribution is 2.35. The number of hydrogen-bond acceptors (Lipinski definition) is 4. The second-order valence-electron chi connectivity index (χ2n) is 5.14. The van der Waals surface area contributed by atoms with Crippen LogP contribution in [0, 0.1) is 0 Å². The summed E-state index contributed by atoms with van der Waals surface area (Å²) in [4.78, 5) is 26.6. The Bertz CT molecular complexity index is 848. The van der Waals surface area contributed by atoms with Crippen LogP contribution in [0.5, 0.6) is 0 Å². The van der Waals surface area contributed by atoms with Gasteiger partial charge in [-0.2, -0.15) is 0 Å². The van der Waals surface area contributed by atoms with Crippen molar-refractivity contribution in [2.75, 3.05) is 12.0 Å². The molecule has 1 aromatic heterocycles. The SMILES string of the molecule is COC(=O)C1=C(C)N(c2ccc(Br)cc2)C(=O)/C1=C\c1ccco1. The van der Waals surface area contributed by atoms with E-state index in [1.165, 1.54) is 18.3 Å². The van der Waals surface area contributed by atoms with Gasteiger partial charge in [-0.1, -0.05) is 15.9 Å². The fraction of sp³-hybridized carbons (Fsp3) is 0.111. The molecule has 0 fully saturated rings. The van der Waals surface area contributed by atoms with Gasteiger partial charge in [-0.15, -0.1) is 0 Å². The average Bonchev–Trinajstić information content (AvgIpc) is 3.16. The number of carbonyl (C=O) groups is 2. The van der Waals surface area contributed by atoms with Crippen molar-refractivity contribution in [3.63, 3.8) is 0 Å². The van der Waals surface area contributed by atoms with Crippen molar-refractivity contribution in [3.8, 4) is 0 Å². The number of methoxy groups -OCH3 is 1. The molecule has 1 aromatic carbocycles. The van der Waals surface area contributed by atoms with E-state index >= 15 is 0 Å². The third-order valence-electron chi connectivity index (χ3n) is 3.70. The van der Waals surface area contributed by atoms with E-state index < -0.39 is 5.97 Å². The Morgan fingerprint density at radius 3 is 2.54 bits per heavy atom. The first-order valence-corrected chi connectivity index (χ1v) is 7.97. The van der Waals surface area contributed by atoms with Gasteiger partial charge in [0.05, 0.1) is 24.5 Å². The van der Waals surface area contributed by atoms with E-state index in [2.05, 4.69) is 15.9 Å². The Hall–Kier alpha value is -2.60. The molecular weight excluding hydrogens is 374 g/mol. The lowest BCUT2D eigenvalue weighted by Gasteiger charge is -2.17. The predicted molar refractivity (Wildman–Crippen MR) is 93.0 cm³/mol. The minimum absolute atomic E-state index is 0.238. The molecule has 0 atom stereocenters. The largest absolute Gasteiger partial charge is 0.465 e. The van der Waals surface area contributed by atoms with Crippen LogP contribution in [0.15, 0.2) is 68.4 Å². The van der Waals surface area contributed by atoms with Gasteiger partial charge in [-0.05, 0) is 49.4 Å². The van der Waals surface area contributed by atoms with E-state index in [1.807, 2.05) is 12.1 Å². The summed E-state index contributed by atoms with van der Waals surface area (Å²) in [6.45, 7) is 1.72. The molecule has 0 radical (unpaired) electrons. The number of anilines is 1. The summed E-state index contributed by atoms with van der Waals surface area (Å²) in [6.07, 6.45) is 3.06. The summed E-state index contributed by atoms with van der Waals surface area (Å²) in [5.41, 5.74) is 1.68. The normalized spacial score (nSPS) is 16.2. The number of allylic oxidation sites excluding steroid dienone is 1. The molecule has 6 heteroatoms. The summed E-state index contributed by atoms with van der Waals surface area (Å²) in [5, 5.41) is 0. The molecule has 2 aromatic rings. The van der Waals surface area contributed by atoms with E-state index in [9.17, 15) is 9.59 Å². The van der Waals surface area contributed by atoms with Crippen molar-refractivity contribution >= 4 is 39.6 Å². The van der Waals surface area contributed by atoms with Gasteiger partial charge >= 0.3 is 5.97 Å². The molecule has 0 N–H and O–H groups in total. The zero-order valence-electron chi connectivity index (χ0n) is 13.1. The maximum absolute atomic E-state index is 12.9. The van der Waals surface area contributed by atoms with Crippen LogP contribution in [0.3, 0.4) is 0 Å². The first-order valence-electron chi connectivity index (χ1n) is 7.17. The van der Waals surface area contributed by atoms with Gasteiger partial charge in [0, 0.05) is 15.9 Å². The number of ether oxygens (including phenoxy) is 1. The van der Waals surface area contributed by atoms with Crippen LogP contribution in [-0.4, -0.2) is 19.0 Å². The molecule has 24 heavy (non-hydrogen) atoms. The third kappa shape index (κ3) is 2.80. The highest BCUT2D eigenvalue weighted by Gasteiger charge is 2.38. The Morgan fingerprint density at radius 1 is 1.25 bits per heavy atom. The lowest BCUT2D eigenvalue weighted by atomic mass is 10.1. The number of hydrogen-bond donors (Lipinski definition) is 0. The monoisotopic (exact) mass is 387 g/mol. The van der Waals surface area contributed by atoms with Crippen LogP contribution in [0.25, 0.3) is 6.08 Å². The van der Waals surface area contributed by atoms with E-state index in [1.54, 1.807) is 37.3 Å². The molecular formula is C18H14BrNO4. The zero-order valence-corrected chi connectivity index (χ0v) is 14.7. The van der Waals surface area contributed by atoms with Crippen molar-refractivity contribution in [2.24, 2.45) is 0 Å². The molecule has 0 aliphatic carbocycles. The van der Waals surface area contributed by atoms with Crippen molar-refractivity contribution in [1.82, 2.24) is 0 Å². The molecule has 0 bridgehead atoms. The highest BCUT2D eigenvalue weighted by atomic mass is 79.9. The van der Waals surface area contributed by atoms with Crippen LogP contribution in [0.1, 0.15) is 12.7 Å². The van der Waals surface area contributed by atoms with Crippen molar-refractivity contribution in [2.45, 2.75) is 6.92 Å². The predicted octanol–water partition coefficient (Wildman–Crippen LogP) is 3.92. The lowest BCUT2D eigenvalue weighted by Crippen LogP contribution is -2.24. The summed E-state index contributed by atoms with van der Waals surface area (Å²) in [5.74, 6) is -0.366. The first-order chi connectivity index (χ1) is 11.5. The fourth-order valence-electron chi connectivity index (χ4n) is 2.60. The van der Waals surface area contributed by atoms with Crippen LogP contribution in [0.2, 0.25) is 0 Å². The second-order valence-corrected chi connectivity index (χ2v) is 6.06. The molecule has 1 aliphatic rings. The Kier molecular flexibility index (Phi) is 4.40. The Morgan fingerprint density at radius 2 is 1.96 bits per heavy atom.